The SMILES string of the molecule is C=c1ccc(=C)c2c(O)c3c(C)ccc(C)c3c(O)c12. The molecule has 0 heterocycles. The molecule has 0 unspecified atom stereocenters. The molecule has 20 heavy (non-hydrogen) atoms. The summed E-state index contributed by atoms with van der Waals surface area (Å²) in [4.78, 5) is 0. The van der Waals surface area contributed by atoms with Gasteiger partial charge in [0.25, 0.3) is 0 Å². The van der Waals surface area contributed by atoms with Gasteiger partial charge < -0.3 is 10.2 Å². The second kappa shape index (κ2) is 4.01. The lowest BCUT2D eigenvalue weighted by atomic mass is 9.93. The highest BCUT2D eigenvalue weighted by atomic mass is 16.3. The number of phenolic OH excluding ortho intramolecular Hbond substituents is 2. The fraction of sp³-hybridized carbons (Fsp3) is 0.111. The molecule has 0 saturated heterocycles. The summed E-state index contributed by atoms with van der Waals surface area (Å²) in [6.45, 7) is 11.7. The predicted molar refractivity (Wildman–Crippen MR) is 84.6 cm³/mol. The number of aromatic hydroxyl groups is 2. The molecule has 2 nitrogen and oxygen atoms in total. The van der Waals surface area contributed by atoms with E-state index in [2.05, 4.69) is 13.2 Å². The molecule has 3 aromatic rings. The molecule has 3 rings (SSSR count). The van der Waals surface area contributed by atoms with E-state index in [1.807, 2.05) is 26.0 Å². The summed E-state index contributed by atoms with van der Waals surface area (Å²) in [7, 11) is 0. The van der Waals surface area contributed by atoms with Crippen molar-refractivity contribution in [2.75, 3.05) is 0 Å². The van der Waals surface area contributed by atoms with Crippen LogP contribution >= 0.6 is 0 Å². The Bertz CT molecular complexity index is 889. The van der Waals surface area contributed by atoms with E-state index in [0.717, 1.165) is 11.1 Å². The predicted octanol–water partition coefficient (Wildman–Crippen LogP) is 2.84. The fourth-order valence-electron chi connectivity index (χ4n) is 2.90. The van der Waals surface area contributed by atoms with Gasteiger partial charge in [0, 0.05) is 21.5 Å². The Labute approximate surface area is 116 Å². The van der Waals surface area contributed by atoms with E-state index >= 15 is 0 Å². The quantitative estimate of drug-likeness (QED) is 0.484. The van der Waals surface area contributed by atoms with E-state index in [-0.39, 0.29) is 11.5 Å². The molecule has 0 bridgehead atoms. The van der Waals surface area contributed by atoms with E-state index in [0.29, 0.717) is 32.0 Å². The zero-order valence-corrected chi connectivity index (χ0v) is 11.6. The van der Waals surface area contributed by atoms with Crippen LogP contribution in [-0.2, 0) is 0 Å². The molecular weight excluding hydrogens is 248 g/mol. The van der Waals surface area contributed by atoms with Crippen molar-refractivity contribution in [3.8, 4) is 11.5 Å². The zero-order chi connectivity index (χ0) is 14.6. The van der Waals surface area contributed by atoms with Gasteiger partial charge in [0.15, 0.2) is 0 Å². The first-order valence-corrected chi connectivity index (χ1v) is 6.48. The standard InChI is InChI=1S/C18H16O2/c1-9-5-6-10(2)14-13(9)17(19)15-11(3)7-8-12(4)16(15)18(14)20/h5-8,19-20H,1-2H2,3-4H3. The van der Waals surface area contributed by atoms with E-state index in [4.69, 9.17) is 0 Å². The van der Waals surface area contributed by atoms with Crippen molar-refractivity contribution in [2.24, 2.45) is 0 Å². The van der Waals surface area contributed by atoms with Crippen molar-refractivity contribution in [2.45, 2.75) is 13.8 Å². The van der Waals surface area contributed by atoms with Crippen LogP contribution in [0.25, 0.3) is 34.7 Å². The van der Waals surface area contributed by atoms with Crippen molar-refractivity contribution in [3.05, 3.63) is 45.8 Å². The van der Waals surface area contributed by atoms with Crippen molar-refractivity contribution < 1.29 is 10.2 Å². The minimum Gasteiger partial charge on any atom is -0.507 e. The molecule has 2 heteroatoms. The van der Waals surface area contributed by atoms with Gasteiger partial charge in [0.05, 0.1) is 0 Å². The van der Waals surface area contributed by atoms with Gasteiger partial charge in [-0.3, -0.25) is 0 Å². The first kappa shape index (κ1) is 12.5. The Kier molecular flexibility index (Phi) is 2.51. The molecule has 2 N–H and O–H groups in total. The number of hydrogen-bond donors (Lipinski definition) is 2. The summed E-state index contributed by atoms with van der Waals surface area (Å²) in [6, 6.07) is 7.50. The van der Waals surface area contributed by atoms with E-state index in [9.17, 15) is 10.2 Å². The molecule has 0 amide bonds. The van der Waals surface area contributed by atoms with Crippen LogP contribution in [0.3, 0.4) is 0 Å². The Balaban J connectivity index is 2.85. The smallest absolute Gasteiger partial charge is 0.132 e. The number of aryl methyl sites for hydroxylation is 2. The zero-order valence-electron chi connectivity index (χ0n) is 11.6. The molecule has 0 fully saturated rings. The maximum atomic E-state index is 10.7. The second-order valence-corrected chi connectivity index (χ2v) is 5.28. The van der Waals surface area contributed by atoms with Gasteiger partial charge in [0.1, 0.15) is 11.5 Å². The largest absolute Gasteiger partial charge is 0.507 e. The van der Waals surface area contributed by atoms with Crippen LogP contribution in [0.15, 0.2) is 24.3 Å². The summed E-state index contributed by atoms with van der Waals surface area (Å²) < 4.78 is 0. The lowest BCUT2D eigenvalue weighted by Gasteiger charge is -2.14. The summed E-state index contributed by atoms with van der Waals surface area (Å²) >= 11 is 0. The van der Waals surface area contributed by atoms with Crippen LogP contribution in [-0.4, -0.2) is 10.2 Å². The maximum Gasteiger partial charge on any atom is 0.132 e. The molecule has 0 radical (unpaired) electrons. The number of rotatable bonds is 0. The first-order chi connectivity index (χ1) is 9.43. The summed E-state index contributed by atoms with van der Waals surface area (Å²) in [6.07, 6.45) is 0. The van der Waals surface area contributed by atoms with Gasteiger partial charge in [-0.1, -0.05) is 37.4 Å². The average Bonchev–Trinajstić information content (AvgIpc) is 2.41. The molecule has 3 aromatic carbocycles. The Morgan fingerprint density at radius 1 is 0.650 bits per heavy atom. The Hall–Kier alpha value is -2.48. The topological polar surface area (TPSA) is 40.5 Å². The number of phenols is 2. The van der Waals surface area contributed by atoms with Crippen LogP contribution < -0.4 is 10.4 Å². The van der Waals surface area contributed by atoms with Gasteiger partial charge in [0.2, 0.25) is 0 Å². The monoisotopic (exact) mass is 264 g/mol. The fourth-order valence-corrected chi connectivity index (χ4v) is 2.90. The lowest BCUT2D eigenvalue weighted by Crippen LogP contribution is -2.09. The van der Waals surface area contributed by atoms with Crippen LogP contribution in [0.4, 0.5) is 0 Å². The molecule has 0 aromatic heterocycles. The number of benzene rings is 3. The minimum atomic E-state index is 0.171. The molecule has 0 aliphatic heterocycles. The molecule has 0 aliphatic carbocycles. The van der Waals surface area contributed by atoms with Gasteiger partial charge in [-0.05, 0) is 35.4 Å². The molecule has 0 atom stereocenters. The molecule has 100 valence electrons. The van der Waals surface area contributed by atoms with Crippen LogP contribution in [0.1, 0.15) is 11.1 Å². The summed E-state index contributed by atoms with van der Waals surface area (Å²) in [5.74, 6) is 0.342. The van der Waals surface area contributed by atoms with E-state index in [1.54, 1.807) is 12.1 Å². The van der Waals surface area contributed by atoms with Crippen molar-refractivity contribution >= 4 is 34.7 Å². The third-order valence-corrected chi connectivity index (χ3v) is 3.95. The van der Waals surface area contributed by atoms with Crippen molar-refractivity contribution in [1.29, 1.82) is 0 Å². The van der Waals surface area contributed by atoms with Crippen molar-refractivity contribution in [1.82, 2.24) is 0 Å². The highest BCUT2D eigenvalue weighted by molar-refractivity contribution is 6.12. The third kappa shape index (κ3) is 1.45. The highest BCUT2D eigenvalue weighted by Crippen LogP contribution is 2.41. The average molecular weight is 264 g/mol. The molecule has 0 saturated carbocycles. The Morgan fingerprint density at radius 2 is 1.00 bits per heavy atom. The number of fused-ring (bicyclic) bond motifs is 2. The first-order valence-electron chi connectivity index (χ1n) is 6.48. The van der Waals surface area contributed by atoms with Crippen LogP contribution in [0.5, 0.6) is 11.5 Å². The molecule has 0 aliphatic rings. The third-order valence-electron chi connectivity index (χ3n) is 3.95. The van der Waals surface area contributed by atoms with Crippen LogP contribution in [0, 0.1) is 13.8 Å². The molecule has 0 spiro atoms. The van der Waals surface area contributed by atoms with Gasteiger partial charge in [-0.25, -0.2) is 0 Å². The Morgan fingerprint density at radius 3 is 1.35 bits per heavy atom. The summed E-state index contributed by atoms with van der Waals surface area (Å²) in [5.41, 5.74) is 1.85. The minimum absolute atomic E-state index is 0.171. The van der Waals surface area contributed by atoms with Crippen LogP contribution in [0.2, 0.25) is 0 Å². The lowest BCUT2D eigenvalue weighted by molar-refractivity contribution is 0.478. The van der Waals surface area contributed by atoms with Crippen molar-refractivity contribution in [3.63, 3.8) is 0 Å². The number of hydrogen-bond acceptors (Lipinski definition) is 2. The second-order valence-electron chi connectivity index (χ2n) is 5.28. The van der Waals surface area contributed by atoms with E-state index < -0.39 is 0 Å². The van der Waals surface area contributed by atoms with E-state index in [1.165, 1.54) is 0 Å². The van der Waals surface area contributed by atoms with Gasteiger partial charge >= 0.3 is 0 Å². The maximum absolute atomic E-state index is 10.7. The normalized spacial score (nSPS) is 11.3. The van der Waals surface area contributed by atoms with Gasteiger partial charge in [-0.2, -0.15) is 0 Å². The van der Waals surface area contributed by atoms with Gasteiger partial charge in [-0.15, -0.1) is 0 Å². The summed E-state index contributed by atoms with van der Waals surface area (Å²) in [5, 5.41) is 25.2. The molecular formula is C18H16O2. The highest BCUT2D eigenvalue weighted by Gasteiger charge is 2.17.